The Morgan fingerprint density at radius 3 is 2.47 bits per heavy atom. The minimum atomic E-state index is 0.389. The largest absolute Gasteiger partial charge is 0.508 e. The number of hydrogen-bond acceptors (Lipinski definition) is 2. The Hall–Kier alpha value is -1.18. The molecule has 0 heterocycles. The average Bonchev–Trinajstić information content (AvgIpc) is 2.22. The first-order chi connectivity index (χ1) is 8.77. The highest BCUT2D eigenvalue weighted by Crippen LogP contribution is 2.40. The molecule has 2 N–H and O–H groups in total. The van der Waals surface area contributed by atoms with Crippen LogP contribution in [-0.4, -0.2) is 11.1 Å². The van der Waals surface area contributed by atoms with Gasteiger partial charge in [-0.15, -0.1) is 0 Å². The van der Waals surface area contributed by atoms with Gasteiger partial charge in [-0.1, -0.05) is 20.8 Å². The summed E-state index contributed by atoms with van der Waals surface area (Å²) in [7, 11) is 0. The lowest BCUT2D eigenvalue weighted by molar-refractivity contribution is 0.178. The molecule has 0 spiro atoms. The molecule has 2 rings (SSSR count). The number of nitrogens with one attached hydrogen (secondary N) is 1. The van der Waals surface area contributed by atoms with Gasteiger partial charge in [0.2, 0.25) is 0 Å². The van der Waals surface area contributed by atoms with Crippen LogP contribution in [0.15, 0.2) is 12.1 Å². The Morgan fingerprint density at radius 2 is 1.84 bits per heavy atom. The van der Waals surface area contributed by atoms with Crippen LogP contribution >= 0.6 is 0 Å². The number of anilines is 1. The summed E-state index contributed by atoms with van der Waals surface area (Å²) in [6.45, 7) is 11.1. The molecule has 106 valence electrons. The summed E-state index contributed by atoms with van der Waals surface area (Å²) in [5.41, 5.74) is 3.66. The summed E-state index contributed by atoms with van der Waals surface area (Å²) in [5, 5.41) is 13.4. The molecular formula is C17H27NO. The highest BCUT2D eigenvalue weighted by Gasteiger charge is 2.32. The number of phenols is 1. The van der Waals surface area contributed by atoms with Crippen molar-refractivity contribution in [2.24, 2.45) is 11.3 Å². The molecule has 1 aromatic carbocycles. The first-order valence-electron chi connectivity index (χ1n) is 7.33. The number of benzene rings is 1. The van der Waals surface area contributed by atoms with Gasteiger partial charge in [-0.05, 0) is 67.7 Å². The fourth-order valence-corrected chi connectivity index (χ4v) is 3.63. The first-order valence-corrected chi connectivity index (χ1v) is 7.33. The third-order valence-electron chi connectivity index (χ3n) is 4.29. The molecular weight excluding hydrogens is 234 g/mol. The fraction of sp³-hybridized carbons (Fsp3) is 0.647. The van der Waals surface area contributed by atoms with Crippen molar-refractivity contribution in [1.29, 1.82) is 0 Å². The average molecular weight is 261 g/mol. The zero-order valence-corrected chi connectivity index (χ0v) is 12.9. The summed E-state index contributed by atoms with van der Waals surface area (Å²) < 4.78 is 0. The second kappa shape index (κ2) is 5.07. The molecule has 0 bridgehead atoms. The van der Waals surface area contributed by atoms with Gasteiger partial charge in [0.1, 0.15) is 5.75 Å². The molecule has 2 nitrogen and oxygen atoms in total. The fourth-order valence-electron chi connectivity index (χ4n) is 3.63. The Kier molecular flexibility index (Phi) is 3.80. The standard InChI is InChI=1S/C17H27NO/c1-11-6-14(10-17(4,5)9-11)18-15-7-13(3)16(19)8-12(15)2/h7-8,11,14,18-19H,6,9-10H2,1-5H3. The molecule has 2 unspecified atom stereocenters. The van der Waals surface area contributed by atoms with Crippen LogP contribution < -0.4 is 5.32 Å². The highest BCUT2D eigenvalue weighted by atomic mass is 16.3. The summed E-state index contributed by atoms with van der Waals surface area (Å²) in [4.78, 5) is 0. The van der Waals surface area contributed by atoms with Crippen molar-refractivity contribution in [1.82, 2.24) is 0 Å². The van der Waals surface area contributed by atoms with Gasteiger partial charge >= 0.3 is 0 Å². The van der Waals surface area contributed by atoms with E-state index in [2.05, 4.69) is 39.1 Å². The molecule has 0 aliphatic heterocycles. The number of hydrogen-bond donors (Lipinski definition) is 2. The van der Waals surface area contributed by atoms with E-state index in [4.69, 9.17) is 0 Å². The summed E-state index contributed by atoms with van der Waals surface area (Å²) >= 11 is 0. The van der Waals surface area contributed by atoms with Gasteiger partial charge in [-0.25, -0.2) is 0 Å². The summed E-state index contributed by atoms with van der Waals surface area (Å²) in [6.07, 6.45) is 3.78. The molecule has 0 saturated heterocycles. The second-order valence-corrected chi connectivity index (χ2v) is 7.21. The van der Waals surface area contributed by atoms with Crippen LogP contribution in [0.25, 0.3) is 0 Å². The maximum Gasteiger partial charge on any atom is 0.118 e. The van der Waals surface area contributed by atoms with Gasteiger partial charge in [0.25, 0.3) is 0 Å². The Bertz CT molecular complexity index is 465. The third kappa shape index (κ3) is 3.43. The van der Waals surface area contributed by atoms with Crippen LogP contribution in [-0.2, 0) is 0 Å². The SMILES string of the molecule is Cc1cc(NC2CC(C)CC(C)(C)C2)c(C)cc1O. The van der Waals surface area contributed by atoms with Crippen molar-refractivity contribution in [3.05, 3.63) is 23.3 Å². The molecule has 2 atom stereocenters. The van der Waals surface area contributed by atoms with Gasteiger partial charge < -0.3 is 10.4 Å². The predicted molar refractivity (Wildman–Crippen MR) is 81.8 cm³/mol. The lowest BCUT2D eigenvalue weighted by Crippen LogP contribution is -2.35. The Balaban J connectivity index is 2.15. The van der Waals surface area contributed by atoms with E-state index in [-0.39, 0.29) is 0 Å². The Morgan fingerprint density at radius 1 is 1.16 bits per heavy atom. The molecule has 1 aromatic rings. The predicted octanol–water partition coefficient (Wildman–Crippen LogP) is 4.64. The summed E-state index contributed by atoms with van der Waals surface area (Å²) in [5.74, 6) is 1.17. The number of aromatic hydroxyl groups is 1. The quantitative estimate of drug-likeness (QED) is 0.760. The topological polar surface area (TPSA) is 32.3 Å². The molecule has 0 amide bonds. The molecule has 1 saturated carbocycles. The number of aryl methyl sites for hydroxylation is 2. The van der Waals surface area contributed by atoms with Crippen LogP contribution in [0.2, 0.25) is 0 Å². The van der Waals surface area contributed by atoms with Gasteiger partial charge in [0, 0.05) is 11.7 Å². The van der Waals surface area contributed by atoms with Crippen molar-refractivity contribution in [3.8, 4) is 5.75 Å². The lowest BCUT2D eigenvalue weighted by atomic mass is 9.70. The van der Waals surface area contributed by atoms with Crippen LogP contribution in [0.3, 0.4) is 0 Å². The maximum atomic E-state index is 9.73. The van der Waals surface area contributed by atoms with Gasteiger partial charge in [-0.3, -0.25) is 0 Å². The molecule has 19 heavy (non-hydrogen) atoms. The Labute approximate surface area is 117 Å². The van der Waals surface area contributed by atoms with E-state index in [0.29, 0.717) is 17.2 Å². The van der Waals surface area contributed by atoms with Gasteiger partial charge in [0.15, 0.2) is 0 Å². The summed E-state index contributed by atoms with van der Waals surface area (Å²) in [6, 6.07) is 4.47. The van der Waals surface area contributed by atoms with Crippen LogP contribution in [0.1, 0.15) is 51.2 Å². The van der Waals surface area contributed by atoms with E-state index in [0.717, 1.165) is 17.0 Å². The third-order valence-corrected chi connectivity index (χ3v) is 4.29. The zero-order valence-electron chi connectivity index (χ0n) is 12.9. The highest BCUT2D eigenvalue weighted by molar-refractivity contribution is 5.57. The monoisotopic (exact) mass is 261 g/mol. The molecule has 1 aliphatic rings. The van der Waals surface area contributed by atoms with E-state index in [1.165, 1.54) is 24.9 Å². The van der Waals surface area contributed by atoms with Crippen LogP contribution in [0.5, 0.6) is 5.75 Å². The van der Waals surface area contributed by atoms with Crippen molar-refractivity contribution < 1.29 is 5.11 Å². The van der Waals surface area contributed by atoms with E-state index in [9.17, 15) is 5.11 Å². The minimum absolute atomic E-state index is 0.389. The molecule has 0 aromatic heterocycles. The first kappa shape index (κ1) is 14.2. The zero-order chi connectivity index (χ0) is 14.2. The molecule has 1 aliphatic carbocycles. The van der Waals surface area contributed by atoms with Crippen molar-refractivity contribution in [2.45, 2.75) is 59.9 Å². The maximum absolute atomic E-state index is 9.73. The minimum Gasteiger partial charge on any atom is -0.508 e. The van der Waals surface area contributed by atoms with Crippen molar-refractivity contribution >= 4 is 5.69 Å². The molecule has 2 heteroatoms. The van der Waals surface area contributed by atoms with Crippen molar-refractivity contribution in [2.75, 3.05) is 5.32 Å². The smallest absolute Gasteiger partial charge is 0.118 e. The number of phenolic OH excluding ortho intramolecular Hbond substituents is 1. The van der Waals surface area contributed by atoms with Gasteiger partial charge in [0.05, 0.1) is 0 Å². The van der Waals surface area contributed by atoms with E-state index in [1.54, 1.807) is 0 Å². The van der Waals surface area contributed by atoms with Crippen LogP contribution in [0, 0.1) is 25.2 Å². The van der Waals surface area contributed by atoms with E-state index >= 15 is 0 Å². The van der Waals surface area contributed by atoms with E-state index < -0.39 is 0 Å². The van der Waals surface area contributed by atoms with Crippen LogP contribution in [0.4, 0.5) is 5.69 Å². The second-order valence-electron chi connectivity index (χ2n) is 7.21. The normalized spacial score (nSPS) is 26.2. The molecule has 0 radical (unpaired) electrons. The number of rotatable bonds is 2. The van der Waals surface area contributed by atoms with E-state index in [1.807, 2.05) is 13.0 Å². The van der Waals surface area contributed by atoms with Gasteiger partial charge in [-0.2, -0.15) is 0 Å². The molecule has 1 fully saturated rings. The van der Waals surface area contributed by atoms with Crippen molar-refractivity contribution in [3.63, 3.8) is 0 Å². The lowest BCUT2D eigenvalue weighted by Gasteiger charge is -2.40.